The van der Waals surface area contributed by atoms with Crippen LogP contribution in [0.2, 0.25) is 0 Å². The zero-order valence-electron chi connectivity index (χ0n) is 29.6. The van der Waals surface area contributed by atoms with Crippen LogP contribution in [-0.4, -0.2) is 17.5 Å². The van der Waals surface area contributed by atoms with Crippen LogP contribution in [0, 0.1) is 55.7 Å². The third-order valence-corrected chi connectivity index (χ3v) is 13.8. The number of amides is 1. The summed E-state index contributed by atoms with van der Waals surface area (Å²) >= 11 is 0. The summed E-state index contributed by atoms with van der Waals surface area (Å²) in [5, 5.41) is 13.1. The van der Waals surface area contributed by atoms with Gasteiger partial charge in [-0.3, -0.25) is 14.4 Å². The summed E-state index contributed by atoms with van der Waals surface area (Å²) < 4.78 is 0. The Morgan fingerprint density at radius 1 is 0.891 bits per heavy atom. The van der Waals surface area contributed by atoms with E-state index in [0.717, 1.165) is 68.9 Å². The first-order valence-electron chi connectivity index (χ1n) is 17.7. The van der Waals surface area contributed by atoms with Crippen LogP contribution in [0.5, 0.6) is 0 Å². The second-order valence-electron chi connectivity index (χ2n) is 17.6. The minimum atomic E-state index is -0.669. The monoisotopic (exact) mass is 624 g/mol. The molecule has 1 unspecified atom stereocenters. The van der Waals surface area contributed by atoms with Crippen molar-refractivity contribution in [2.75, 3.05) is 0 Å². The highest BCUT2D eigenvalue weighted by molar-refractivity contribution is 6.04. The van der Waals surface area contributed by atoms with Gasteiger partial charge in [0.25, 0.3) is 0 Å². The van der Waals surface area contributed by atoms with E-state index < -0.39 is 10.8 Å². The van der Waals surface area contributed by atoms with Crippen LogP contribution >= 0.6 is 0 Å². The Kier molecular flexibility index (Phi) is 8.89. The number of carbonyl (C=O) groups is 3. The van der Waals surface area contributed by atoms with Gasteiger partial charge in [-0.25, -0.2) is 0 Å². The van der Waals surface area contributed by atoms with Crippen molar-refractivity contribution in [1.29, 1.82) is 5.26 Å². The summed E-state index contributed by atoms with van der Waals surface area (Å²) in [6.07, 6.45) is 12.9. The van der Waals surface area contributed by atoms with Gasteiger partial charge in [-0.1, -0.05) is 97.4 Å². The number of ketones is 2. The number of fused-ring (bicyclic) bond motifs is 5. The van der Waals surface area contributed by atoms with Crippen molar-refractivity contribution in [3.05, 3.63) is 59.2 Å². The van der Waals surface area contributed by atoms with Crippen molar-refractivity contribution in [2.24, 2.45) is 44.3 Å². The van der Waals surface area contributed by atoms with Gasteiger partial charge in [0.2, 0.25) is 5.91 Å². The molecule has 0 spiro atoms. The van der Waals surface area contributed by atoms with E-state index in [2.05, 4.69) is 52.9 Å². The summed E-state index contributed by atoms with van der Waals surface area (Å²) in [5.41, 5.74) is 0.812. The van der Waals surface area contributed by atoms with E-state index >= 15 is 0 Å². The fourth-order valence-electron chi connectivity index (χ4n) is 10.2. The first-order chi connectivity index (χ1) is 21.4. The van der Waals surface area contributed by atoms with Crippen LogP contribution in [0.4, 0.5) is 0 Å². The number of nitrogens with one attached hydrogen (secondary N) is 1. The largest absolute Gasteiger partial charge is 0.352 e. The Bertz CT molecular complexity index is 1490. The van der Waals surface area contributed by atoms with Crippen LogP contribution in [0.1, 0.15) is 125 Å². The smallest absolute Gasteiger partial charge is 0.220 e. The van der Waals surface area contributed by atoms with Gasteiger partial charge in [-0.05, 0) is 97.0 Å². The molecule has 0 aromatic heterocycles. The zero-order valence-corrected chi connectivity index (χ0v) is 29.6. The number of nitriles is 1. The zero-order chi connectivity index (χ0) is 33.8. The second kappa shape index (κ2) is 11.9. The lowest BCUT2D eigenvalue weighted by Crippen LogP contribution is -2.60. The molecule has 4 aliphatic rings. The Labute approximate surface area is 277 Å². The third-order valence-electron chi connectivity index (χ3n) is 13.8. The normalized spacial score (nSPS) is 36.9. The van der Waals surface area contributed by atoms with Crippen molar-refractivity contribution in [3.8, 4) is 6.07 Å². The Morgan fingerprint density at radius 3 is 2.24 bits per heavy atom. The summed E-state index contributed by atoms with van der Waals surface area (Å²) in [6.45, 7) is 18.5. The third kappa shape index (κ3) is 5.84. The maximum absolute atomic E-state index is 14.4. The molecule has 5 rings (SSSR count). The number of carbonyl (C=O) groups excluding carboxylic acids is 3. The molecule has 0 saturated heterocycles. The van der Waals surface area contributed by atoms with E-state index in [-0.39, 0.29) is 56.5 Å². The molecular formula is C41H56N2O3. The van der Waals surface area contributed by atoms with E-state index in [4.69, 9.17) is 0 Å². The van der Waals surface area contributed by atoms with Crippen molar-refractivity contribution < 1.29 is 14.4 Å². The lowest BCUT2D eigenvalue weighted by Gasteiger charge is -2.65. The molecule has 5 nitrogen and oxygen atoms in total. The topological polar surface area (TPSA) is 87.0 Å². The quantitative estimate of drug-likeness (QED) is 0.354. The maximum Gasteiger partial charge on any atom is 0.220 e. The van der Waals surface area contributed by atoms with Gasteiger partial charge in [0, 0.05) is 29.7 Å². The van der Waals surface area contributed by atoms with Crippen LogP contribution in [0.3, 0.4) is 0 Å². The molecule has 0 aliphatic heterocycles. The predicted molar refractivity (Wildman–Crippen MR) is 183 cm³/mol. The number of nitrogens with zero attached hydrogens (tertiary/aromatic N) is 1. The highest BCUT2D eigenvalue weighted by Crippen LogP contribution is 2.70. The summed E-state index contributed by atoms with van der Waals surface area (Å²) in [7, 11) is 0. The van der Waals surface area contributed by atoms with E-state index in [0.29, 0.717) is 13.0 Å². The summed E-state index contributed by atoms with van der Waals surface area (Å²) in [6, 6.07) is 12.3. The van der Waals surface area contributed by atoms with E-state index in [1.54, 1.807) is 0 Å². The van der Waals surface area contributed by atoms with Crippen LogP contribution < -0.4 is 5.32 Å². The second-order valence-corrected chi connectivity index (χ2v) is 17.6. The molecule has 46 heavy (non-hydrogen) atoms. The SMILES string of the molecule is CC1(C)CCC2C(=O)C=C3[C@@]4(C)C=C(C#N)C(=O)C(C)(C)[C@@H]4CC[C@@]3(C)[C@]2(C)CC[C@@](C)(CCC(=O)NCc2ccccc2)CC1. The van der Waals surface area contributed by atoms with E-state index in [1.165, 1.54) is 0 Å². The average molecular weight is 625 g/mol. The molecule has 4 aliphatic carbocycles. The first kappa shape index (κ1) is 34.3. The van der Waals surface area contributed by atoms with Gasteiger partial charge in [0.05, 0.1) is 5.57 Å². The molecular weight excluding hydrogens is 568 g/mol. The Morgan fingerprint density at radius 2 is 1.57 bits per heavy atom. The Hall–Kier alpha value is -3.00. The first-order valence-corrected chi connectivity index (χ1v) is 17.7. The van der Waals surface area contributed by atoms with E-state index in [9.17, 15) is 19.6 Å². The average Bonchev–Trinajstić information content (AvgIpc) is 3.00. The summed E-state index contributed by atoms with van der Waals surface area (Å²) in [4.78, 5) is 40.8. The van der Waals surface area contributed by atoms with Gasteiger partial charge in [-0.15, -0.1) is 0 Å². The maximum atomic E-state index is 14.4. The number of rotatable bonds is 5. The molecule has 0 radical (unpaired) electrons. The molecule has 0 heterocycles. The van der Waals surface area contributed by atoms with Gasteiger partial charge < -0.3 is 5.32 Å². The minimum absolute atomic E-state index is 0.0266. The fourth-order valence-corrected chi connectivity index (χ4v) is 10.2. The number of hydrogen-bond donors (Lipinski definition) is 1. The summed E-state index contributed by atoms with van der Waals surface area (Å²) in [5.74, 6) is 0.204. The van der Waals surface area contributed by atoms with Crippen molar-refractivity contribution in [1.82, 2.24) is 5.32 Å². The lowest BCUT2D eigenvalue weighted by molar-refractivity contribution is -0.139. The lowest BCUT2D eigenvalue weighted by atomic mass is 9.38. The van der Waals surface area contributed by atoms with Crippen LogP contribution in [-0.2, 0) is 20.9 Å². The number of benzene rings is 1. The standard InChI is InChI=1S/C41H56N2O3/c1-36(2)17-14-30-31(44)24-33-39(6)25-29(26-42)35(46)37(3,4)32(39)15-19-41(33,8)40(30,7)23-22-38(5,21-20-36)18-16-34(45)43-27-28-12-10-9-11-13-28/h9-13,24-25,30,32H,14-23,27H2,1-8H3,(H,43,45)/t30?,32-,38-,39-,40+,41+/m0/s1. The number of hydrogen-bond acceptors (Lipinski definition) is 4. The highest BCUT2D eigenvalue weighted by atomic mass is 16.1. The molecule has 1 N–H and O–H groups in total. The van der Waals surface area contributed by atoms with Gasteiger partial charge in [0.15, 0.2) is 11.6 Å². The molecule has 6 atom stereocenters. The van der Waals surface area contributed by atoms with Gasteiger partial charge >= 0.3 is 0 Å². The van der Waals surface area contributed by atoms with Crippen LogP contribution in [0.25, 0.3) is 0 Å². The highest BCUT2D eigenvalue weighted by Gasteiger charge is 2.65. The predicted octanol–water partition coefficient (Wildman–Crippen LogP) is 9.08. The van der Waals surface area contributed by atoms with Gasteiger partial charge in [-0.2, -0.15) is 5.26 Å². The number of allylic oxidation sites excluding steroid dienone is 4. The van der Waals surface area contributed by atoms with Crippen molar-refractivity contribution in [2.45, 2.75) is 126 Å². The van der Waals surface area contributed by atoms with Crippen molar-refractivity contribution in [3.63, 3.8) is 0 Å². The minimum Gasteiger partial charge on any atom is -0.352 e. The molecule has 1 aromatic carbocycles. The molecule has 5 heteroatoms. The van der Waals surface area contributed by atoms with Crippen LogP contribution in [0.15, 0.2) is 53.6 Å². The molecule has 248 valence electrons. The molecule has 0 bridgehead atoms. The fraction of sp³-hybridized carbons (Fsp3) is 0.659. The molecule has 1 aromatic rings. The number of Topliss-reactive ketones (excluding diaryl/α,β-unsaturated/α-hetero) is 1. The molecule has 2 fully saturated rings. The van der Waals surface area contributed by atoms with Crippen molar-refractivity contribution >= 4 is 17.5 Å². The van der Waals surface area contributed by atoms with E-state index in [1.807, 2.05) is 56.3 Å². The Balaban J connectivity index is 1.47. The molecule has 2 saturated carbocycles. The van der Waals surface area contributed by atoms with Gasteiger partial charge in [0.1, 0.15) is 6.07 Å². The molecule has 1 amide bonds.